The van der Waals surface area contributed by atoms with E-state index in [0.29, 0.717) is 22.6 Å². The second-order valence-electron chi connectivity index (χ2n) is 5.52. The van der Waals surface area contributed by atoms with Crippen molar-refractivity contribution < 1.29 is 14.3 Å². The Kier molecular flexibility index (Phi) is 6.35. The first-order chi connectivity index (χ1) is 12.0. The second-order valence-corrected chi connectivity index (χ2v) is 5.52. The van der Waals surface area contributed by atoms with Gasteiger partial charge in [0.25, 0.3) is 0 Å². The third kappa shape index (κ3) is 5.21. The van der Waals surface area contributed by atoms with Crippen LogP contribution in [0.5, 0.6) is 11.5 Å². The summed E-state index contributed by atoms with van der Waals surface area (Å²) in [4.78, 5) is 12.4. The molecular weight excluding hydrogens is 312 g/mol. The first-order valence-electron chi connectivity index (χ1n) is 8.00. The number of rotatable bonds is 7. The number of methoxy groups -OCH3 is 1. The van der Waals surface area contributed by atoms with E-state index >= 15 is 0 Å². The summed E-state index contributed by atoms with van der Waals surface area (Å²) in [6, 6.07) is 14.8. The molecular formula is C22H22O3. The lowest BCUT2D eigenvalue weighted by atomic mass is 10.0. The smallest absolute Gasteiger partial charge is 0.192 e. The maximum absolute atomic E-state index is 12.4. The van der Waals surface area contributed by atoms with Gasteiger partial charge in [-0.2, -0.15) is 0 Å². The number of allylic oxidation sites excluding steroid dienone is 4. The number of Topliss-reactive ketones (excluding diaryl/α,β-unsaturated/α-hetero) is 1. The number of carbonyl (C=O) groups is 1. The van der Waals surface area contributed by atoms with E-state index < -0.39 is 0 Å². The molecule has 0 bridgehead atoms. The number of ketones is 1. The molecule has 3 nitrogen and oxygen atoms in total. The Morgan fingerprint density at radius 2 is 1.52 bits per heavy atom. The molecule has 0 atom stereocenters. The molecule has 128 valence electrons. The lowest BCUT2D eigenvalue weighted by Gasteiger charge is -2.07. The molecule has 0 N–H and O–H groups in total. The van der Waals surface area contributed by atoms with E-state index in [1.54, 1.807) is 43.5 Å². The molecule has 3 heteroatoms. The summed E-state index contributed by atoms with van der Waals surface area (Å²) in [5, 5.41) is 0. The molecule has 2 rings (SSSR count). The quantitative estimate of drug-likeness (QED) is 0.285. The number of carbonyl (C=O) groups excluding carboxylic acids is 1. The molecule has 0 saturated heterocycles. The molecule has 0 amide bonds. The van der Waals surface area contributed by atoms with Crippen molar-refractivity contribution in [2.24, 2.45) is 0 Å². The highest BCUT2D eigenvalue weighted by Gasteiger charge is 2.08. The van der Waals surface area contributed by atoms with Gasteiger partial charge in [-0.05, 0) is 68.5 Å². The molecule has 2 aromatic rings. The molecule has 0 aromatic heterocycles. The van der Waals surface area contributed by atoms with Crippen molar-refractivity contribution in [3.8, 4) is 11.5 Å². The fourth-order valence-electron chi connectivity index (χ4n) is 2.14. The Morgan fingerprint density at radius 3 is 2.04 bits per heavy atom. The van der Waals surface area contributed by atoms with Gasteiger partial charge in [-0.15, -0.1) is 0 Å². The van der Waals surface area contributed by atoms with E-state index in [0.717, 1.165) is 5.75 Å². The Bertz CT molecular complexity index is 794. The van der Waals surface area contributed by atoms with Crippen LogP contribution in [-0.4, -0.2) is 12.9 Å². The van der Waals surface area contributed by atoms with E-state index in [4.69, 9.17) is 9.47 Å². The minimum Gasteiger partial charge on any atom is -0.497 e. The highest BCUT2D eigenvalue weighted by atomic mass is 16.5. The summed E-state index contributed by atoms with van der Waals surface area (Å²) < 4.78 is 10.9. The largest absolute Gasteiger partial charge is 0.497 e. The van der Waals surface area contributed by atoms with E-state index in [1.165, 1.54) is 5.56 Å². The standard InChI is InChI=1S/C22H22O3/c1-5-19(24-4)13-8-17(3)22(23)18-9-14-21(15-10-18)25-20-11-6-16(2)7-12-20/h5-15H,3H2,1-2,4H3/b13-8-,19-5+. The van der Waals surface area contributed by atoms with E-state index in [2.05, 4.69) is 6.58 Å². The zero-order valence-electron chi connectivity index (χ0n) is 14.8. The van der Waals surface area contributed by atoms with Gasteiger partial charge in [0, 0.05) is 11.1 Å². The highest BCUT2D eigenvalue weighted by Crippen LogP contribution is 2.22. The van der Waals surface area contributed by atoms with Crippen LogP contribution in [0.15, 0.2) is 84.7 Å². The van der Waals surface area contributed by atoms with Gasteiger partial charge in [-0.25, -0.2) is 0 Å². The molecule has 0 aliphatic rings. The first-order valence-corrected chi connectivity index (χ1v) is 8.00. The second kappa shape index (κ2) is 8.69. The van der Waals surface area contributed by atoms with Crippen LogP contribution in [0.2, 0.25) is 0 Å². The molecule has 25 heavy (non-hydrogen) atoms. The fraction of sp³-hybridized carbons (Fsp3) is 0.136. The zero-order valence-corrected chi connectivity index (χ0v) is 14.8. The molecule has 0 aliphatic heterocycles. The minimum atomic E-state index is -0.135. The van der Waals surface area contributed by atoms with Crippen molar-refractivity contribution in [2.75, 3.05) is 7.11 Å². The van der Waals surface area contributed by atoms with Crippen molar-refractivity contribution >= 4 is 5.78 Å². The highest BCUT2D eigenvalue weighted by molar-refractivity contribution is 6.10. The van der Waals surface area contributed by atoms with Crippen molar-refractivity contribution in [2.45, 2.75) is 13.8 Å². The predicted molar refractivity (Wildman–Crippen MR) is 101 cm³/mol. The van der Waals surface area contributed by atoms with Crippen LogP contribution >= 0.6 is 0 Å². The monoisotopic (exact) mass is 334 g/mol. The molecule has 0 aliphatic carbocycles. The van der Waals surface area contributed by atoms with Crippen LogP contribution < -0.4 is 4.74 Å². The molecule has 0 saturated carbocycles. The van der Waals surface area contributed by atoms with Crippen molar-refractivity contribution in [3.05, 3.63) is 95.8 Å². The van der Waals surface area contributed by atoms with Gasteiger partial charge < -0.3 is 9.47 Å². The maximum atomic E-state index is 12.4. The maximum Gasteiger partial charge on any atom is 0.192 e. The topological polar surface area (TPSA) is 35.5 Å². The summed E-state index contributed by atoms with van der Waals surface area (Å²) in [5.74, 6) is 1.98. The molecule has 0 unspecified atom stereocenters. The van der Waals surface area contributed by atoms with Gasteiger partial charge in [0.2, 0.25) is 0 Å². The van der Waals surface area contributed by atoms with Crippen LogP contribution in [0.3, 0.4) is 0 Å². The SMILES string of the molecule is C=C(/C=C\C(=C/C)OC)C(=O)c1ccc(Oc2ccc(C)cc2)cc1. The predicted octanol–water partition coefficient (Wildman–Crippen LogP) is 5.63. The summed E-state index contributed by atoms with van der Waals surface area (Å²) in [6.07, 6.45) is 5.18. The summed E-state index contributed by atoms with van der Waals surface area (Å²) in [7, 11) is 1.58. The number of benzene rings is 2. The lowest BCUT2D eigenvalue weighted by molar-refractivity contribution is 0.103. The molecule has 0 radical (unpaired) electrons. The minimum absolute atomic E-state index is 0.135. The number of hydrogen-bond acceptors (Lipinski definition) is 3. The van der Waals surface area contributed by atoms with Gasteiger partial charge in [-0.1, -0.05) is 24.3 Å². The number of ether oxygens (including phenoxy) is 2. The Hall–Kier alpha value is -3.07. The molecule has 0 spiro atoms. The van der Waals surface area contributed by atoms with E-state index in [9.17, 15) is 4.79 Å². The van der Waals surface area contributed by atoms with Gasteiger partial charge >= 0.3 is 0 Å². The van der Waals surface area contributed by atoms with Crippen LogP contribution in [0.1, 0.15) is 22.8 Å². The normalized spacial score (nSPS) is 11.4. The first kappa shape index (κ1) is 18.3. The number of hydrogen-bond donors (Lipinski definition) is 0. The molecule has 2 aromatic carbocycles. The van der Waals surface area contributed by atoms with Gasteiger partial charge in [0.05, 0.1) is 7.11 Å². The van der Waals surface area contributed by atoms with E-state index in [-0.39, 0.29) is 5.78 Å². The molecule has 0 heterocycles. The van der Waals surface area contributed by atoms with Crippen molar-refractivity contribution in [1.29, 1.82) is 0 Å². The third-order valence-corrected chi connectivity index (χ3v) is 3.63. The Balaban J connectivity index is 2.04. The summed E-state index contributed by atoms with van der Waals surface area (Å²) >= 11 is 0. The van der Waals surface area contributed by atoms with Crippen LogP contribution in [-0.2, 0) is 4.74 Å². The zero-order chi connectivity index (χ0) is 18.2. The third-order valence-electron chi connectivity index (χ3n) is 3.63. The average Bonchev–Trinajstić information content (AvgIpc) is 2.64. The van der Waals surface area contributed by atoms with Crippen molar-refractivity contribution in [1.82, 2.24) is 0 Å². The molecule has 0 fully saturated rings. The Labute approximate surface area is 148 Å². The summed E-state index contributed by atoms with van der Waals surface area (Å²) in [6.45, 7) is 7.71. The van der Waals surface area contributed by atoms with Gasteiger partial charge in [0.1, 0.15) is 17.3 Å². The number of aryl methyl sites for hydroxylation is 1. The van der Waals surface area contributed by atoms with Crippen LogP contribution in [0.25, 0.3) is 0 Å². The van der Waals surface area contributed by atoms with Crippen LogP contribution in [0, 0.1) is 6.92 Å². The van der Waals surface area contributed by atoms with Crippen LogP contribution in [0.4, 0.5) is 0 Å². The van der Waals surface area contributed by atoms with E-state index in [1.807, 2.05) is 44.2 Å². The van der Waals surface area contributed by atoms with Gasteiger partial charge in [0.15, 0.2) is 5.78 Å². The Morgan fingerprint density at radius 1 is 0.960 bits per heavy atom. The van der Waals surface area contributed by atoms with Gasteiger partial charge in [-0.3, -0.25) is 4.79 Å². The summed E-state index contributed by atoms with van der Waals surface area (Å²) in [5.41, 5.74) is 2.13. The lowest BCUT2D eigenvalue weighted by Crippen LogP contribution is -2.00. The fourth-order valence-corrected chi connectivity index (χ4v) is 2.14. The van der Waals surface area contributed by atoms with Crippen molar-refractivity contribution in [3.63, 3.8) is 0 Å². The average molecular weight is 334 g/mol.